The van der Waals surface area contributed by atoms with Crippen LogP contribution in [0.15, 0.2) is 15.7 Å². The van der Waals surface area contributed by atoms with Crippen LogP contribution in [0.25, 0.3) is 0 Å². The van der Waals surface area contributed by atoms with Gasteiger partial charge in [0.15, 0.2) is 0 Å². The van der Waals surface area contributed by atoms with Crippen molar-refractivity contribution in [2.75, 3.05) is 0 Å². The van der Waals surface area contributed by atoms with Crippen LogP contribution in [-0.4, -0.2) is 21.1 Å². The molecule has 0 bridgehead atoms. The summed E-state index contributed by atoms with van der Waals surface area (Å²) in [4.78, 5) is 21.3. The summed E-state index contributed by atoms with van der Waals surface area (Å²) in [6, 6.07) is 1.55. The van der Waals surface area contributed by atoms with E-state index in [1.807, 2.05) is 0 Å². The van der Waals surface area contributed by atoms with Crippen molar-refractivity contribution in [3.63, 3.8) is 0 Å². The summed E-state index contributed by atoms with van der Waals surface area (Å²) in [5.41, 5.74) is -0.440. The third-order valence-electron chi connectivity index (χ3n) is 1.87. The Kier molecular flexibility index (Phi) is 3.30. The molecule has 0 radical (unpaired) electrons. The molecule has 1 aromatic carbocycles. The first-order chi connectivity index (χ1) is 5.25. The van der Waals surface area contributed by atoms with E-state index in [0.717, 1.165) is 3.58 Å². The summed E-state index contributed by atoms with van der Waals surface area (Å²) in [7, 11) is 0. The van der Waals surface area contributed by atoms with Crippen molar-refractivity contribution in [2.24, 2.45) is 0 Å². The Morgan fingerprint density at radius 3 is 2.64 bits per heavy atom. The summed E-state index contributed by atoms with van der Waals surface area (Å²) < 4.78 is 2.17. The summed E-state index contributed by atoms with van der Waals surface area (Å²) in [5, 5.41) is 0. The zero-order valence-corrected chi connectivity index (χ0v) is 10.8. The van der Waals surface area contributed by atoms with Crippen molar-refractivity contribution in [2.45, 2.75) is 24.2 Å². The standard InChI is InChI=1S/C4HO2.C4H9.Sn.2H/c5-3-1-2-4(3)6;1-3-4-2;;;/h1H;1,3-4H2,2H3;;;. The van der Waals surface area contributed by atoms with Crippen LogP contribution in [0.5, 0.6) is 0 Å². The van der Waals surface area contributed by atoms with Crippen LogP contribution in [0.3, 0.4) is 0 Å². The van der Waals surface area contributed by atoms with Gasteiger partial charge in [-0.2, -0.15) is 0 Å². The molecule has 0 aliphatic rings. The molecule has 0 spiro atoms. The van der Waals surface area contributed by atoms with Crippen molar-refractivity contribution in [1.29, 1.82) is 0 Å². The molecule has 0 N–H and O–H groups in total. The molecule has 1 aromatic rings. The molecule has 60 valence electrons. The molecule has 0 heterocycles. The molecule has 0 saturated carbocycles. The quantitative estimate of drug-likeness (QED) is 0.407. The molecule has 0 atom stereocenters. The minimum atomic E-state index is -0.975. The molecule has 0 aliphatic carbocycles. The van der Waals surface area contributed by atoms with Crippen molar-refractivity contribution in [3.8, 4) is 0 Å². The van der Waals surface area contributed by atoms with E-state index >= 15 is 0 Å². The maximum atomic E-state index is 10.8. The second-order valence-electron chi connectivity index (χ2n) is 2.82. The molecule has 2 nitrogen and oxygen atoms in total. The molecule has 0 amide bonds. The van der Waals surface area contributed by atoms with Crippen LogP contribution in [0.4, 0.5) is 0 Å². The van der Waals surface area contributed by atoms with Crippen molar-refractivity contribution < 1.29 is 0 Å². The van der Waals surface area contributed by atoms with Crippen LogP contribution >= 0.6 is 0 Å². The summed E-state index contributed by atoms with van der Waals surface area (Å²) in [6.07, 6.45) is 2.43. The first kappa shape index (κ1) is 8.97. The second kappa shape index (κ2) is 4.04. The van der Waals surface area contributed by atoms with Crippen molar-refractivity contribution >= 4 is 24.7 Å². The van der Waals surface area contributed by atoms with E-state index in [-0.39, 0.29) is 10.9 Å². The monoisotopic (exact) mass is 260 g/mol. The average Bonchev–Trinajstić information content (AvgIpc) is 2.03. The Balaban J connectivity index is 2.37. The molecule has 0 aliphatic heterocycles. The second-order valence-corrected chi connectivity index (χ2v) is 8.44. The molecule has 0 aromatic heterocycles. The Morgan fingerprint density at radius 2 is 2.18 bits per heavy atom. The average molecular weight is 259 g/mol. The third kappa shape index (κ3) is 2.15. The molecule has 3 heteroatoms. The molecule has 0 fully saturated rings. The van der Waals surface area contributed by atoms with E-state index in [2.05, 4.69) is 6.92 Å². The van der Waals surface area contributed by atoms with Gasteiger partial charge >= 0.3 is 75.4 Å². The maximum absolute atomic E-state index is 10.8. The summed E-state index contributed by atoms with van der Waals surface area (Å²) in [6.45, 7) is 2.15. The van der Waals surface area contributed by atoms with Crippen molar-refractivity contribution in [1.82, 2.24) is 0 Å². The fourth-order valence-corrected chi connectivity index (χ4v) is 6.44. The molecule has 1 rings (SSSR count). The van der Waals surface area contributed by atoms with Crippen LogP contribution in [0.1, 0.15) is 19.8 Å². The van der Waals surface area contributed by atoms with E-state index in [4.69, 9.17) is 0 Å². The molecule has 0 unspecified atom stereocenters. The number of hydrogen-bond donors (Lipinski definition) is 0. The first-order valence-corrected chi connectivity index (χ1v) is 8.92. The Bertz CT molecular complexity index is 296. The van der Waals surface area contributed by atoms with Gasteiger partial charge in [-0.3, -0.25) is 0 Å². The number of hydrogen-bond acceptors (Lipinski definition) is 2. The summed E-state index contributed by atoms with van der Waals surface area (Å²) in [5.74, 6) is 0. The zero-order chi connectivity index (χ0) is 8.27. The van der Waals surface area contributed by atoms with Gasteiger partial charge in [0.05, 0.1) is 0 Å². The van der Waals surface area contributed by atoms with E-state index < -0.39 is 21.1 Å². The normalized spacial score (nSPS) is 11.7. The van der Waals surface area contributed by atoms with Gasteiger partial charge in [-0.1, -0.05) is 0 Å². The van der Waals surface area contributed by atoms with Gasteiger partial charge in [0.2, 0.25) is 0 Å². The Hall–Kier alpha value is -0.121. The van der Waals surface area contributed by atoms with E-state index in [0.29, 0.717) is 0 Å². The van der Waals surface area contributed by atoms with Crippen LogP contribution in [0.2, 0.25) is 4.44 Å². The zero-order valence-electron chi connectivity index (χ0n) is 6.72. The number of unbranched alkanes of at least 4 members (excludes halogenated alkanes) is 1. The van der Waals surface area contributed by atoms with Gasteiger partial charge in [0.25, 0.3) is 0 Å². The van der Waals surface area contributed by atoms with Crippen LogP contribution in [-0.2, 0) is 0 Å². The fraction of sp³-hybridized carbons (Fsp3) is 0.500. The van der Waals surface area contributed by atoms with Gasteiger partial charge in [-0.15, -0.1) is 0 Å². The molecular formula is C8H12O2Sn. The van der Waals surface area contributed by atoms with Gasteiger partial charge < -0.3 is 0 Å². The Morgan fingerprint density at radius 1 is 1.45 bits per heavy atom. The summed E-state index contributed by atoms with van der Waals surface area (Å²) >= 11 is -0.975. The van der Waals surface area contributed by atoms with Crippen molar-refractivity contribution in [3.05, 3.63) is 26.5 Å². The van der Waals surface area contributed by atoms with Crippen LogP contribution < -0.4 is 14.4 Å². The predicted molar refractivity (Wildman–Crippen MR) is 49.2 cm³/mol. The molecule has 11 heavy (non-hydrogen) atoms. The van der Waals surface area contributed by atoms with E-state index in [9.17, 15) is 9.59 Å². The van der Waals surface area contributed by atoms with E-state index in [1.165, 1.54) is 17.3 Å². The Labute approximate surface area is 75.5 Å². The first-order valence-electron chi connectivity index (χ1n) is 4.05. The van der Waals surface area contributed by atoms with Gasteiger partial charge in [-0.05, 0) is 0 Å². The fourth-order valence-electron chi connectivity index (χ4n) is 1.12. The predicted octanol–water partition coefficient (Wildman–Crippen LogP) is -0.705. The molecular weight excluding hydrogens is 247 g/mol. The minimum absolute atomic E-state index is 0.170. The van der Waals surface area contributed by atoms with E-state index in [1.54, 1.807) is 6.07 Å². The topological polar surface area (TPSA) is 34.1 Å². The van der Waals surface area contributed by atoms with Crippen LogP contribution in [0, 0.1) is 0 Å². The van der Waals surface area contributed by atoms with Gasteiger partial charge in [-0.25, -0.2) is 0 Å². The SMILES string of the molecule is CCC[CH2][SnH2][c]1cc(=O)c1=O. The van der Waals surface area contributed by atoms with Gasteiger partial charge in [0.1, 0.15) is 0 Å². The van der Waals surface area contributed by atoms with Gasteiger partial charge in [0, 0.05) is 0 Å². The number of rotatable bonds is 4. The molecule has 0 saturated heterocycles. The third-order valence-corrected chi connectivity index (χ3v) is 7.34.